The van der Waals surface area contributed by atoms with Crippen LogP contribution in [0.2, 0.25) is 0 Å². The Morgan fingerprint density at radius 2 is 1.96 bits per heavy atom. The van der Waals surface area contributed by atoms with E-state index in [4.69, 9.17) is 20.4 Å². The molecule has 1 saturated heterocycles. The number of amides is 1. The number of piperidine rings is 1. The fourth-order valence-corrected chi connectivity index (χ4v) is 2.51. The van der Waals surface area contributed by atoms with Crippen LogP contribution in [0.3, 0.4) is 0 Å². The lowest BCUT2D eigenvalue weighted by atomic mass is 9.96. The van der Waals surface area contributed by atoms with Gasteiger partial charge in [-0.1, -0.05) is 0 Å². The maximum absolute atomic E-state index is 12.4. The minimum atomic E-state index is -0.983. The molecule has 1 aliphatic heterocycles. The number of hydrogen-bond donors (Lipinski definition) is 5. The van der Waals surface area contributed by atoms with Crippen molar-refractivity contribution in [1.29, 1.82) is 0 Å². The van der Waals surface area contributed by atoms with E-state index in [1.54, 1.807) is 0 Å². The molecule has 10 nitrogen and oxygen atoms in total. The molecule has 0 aliphatic carbocycles. The van der Waals surface area contributed by atoms with Crippen molar-refractivity contribution in [3.8, 4) is 0 Å². The van der Waals surface area contributed by atoms with Crippen LogP contribution in [0.25, 0.3) is 0 Å². The second-order valence-corrected chi connectivity index (χ2v) is 5.79. The highest BCUT2D eigenvalue weighted by atomic mass is 35.5. The van der Waals surface area contributed by atoms with Crippen LogP contribution in [-0.2, 0) is 9.59 Å². The van der Waals surface area contributed by atoms with E-state index in [1.807, 2.05) is 0 Å². The SMILES string of the molecule is N[C@@H](CO)c1nnc([C@H](CCC(=O)O)NC(=O)C2CCNCC2)o1.[Cl-]. The summed E-state index contributed by atoms with van der Waals surface area (Å²) in [6, 6.07) is -1.51. The van der Waals surface area contributed by atoms with E-state index in [2.05, 4.69) is 20.8 Å². The summed E-state index contributed by atoms with van der Waals surface area (Å²) >= 11 is 0. The molecule has 1 aliphatic rings. The van der Waals surface area contributed by atoms with Crippen LogP contribution in [0, 0.1) is 5.92 Å². The minimum absolute atomic E-state index is 0. The summed E-state index contributed by atoms with van der Waals surface area (Å²) in [7, 11) is 0. The van der Waals surface area contributed by atoms with Gasteiger partial charge in [-0.05, 0) is 32.4 Å². The van der Waals surface area contributed by atoms with E-state index < -0.39 is 18.1 Å². The Morgan fingerprint density at radius 1 is 1.32 bits per heavy atom. The molecule has 0 bridgehead atoms. The first-order valence-electron chi connectivity index (χ1n) is 7.94. The predicted octanol–water partition coefficient (Wildman–Crippen LogP) is -3.91. The third-order valence-corrected chi connectivity index (χ3v) is 3.94. The topological polar surface area (TPSA) is 164 Å². The van der Waals surface area contributed by atoms with Gasteiger partial charge in [-0.3, -0.25) is 9.59 Å². The molecule has 0 aromatic carbocycles. The van der Waals surface area contributed by atoms with Gasteiger partial charge in [-0.15, -0.1) is 10.2 Å². The van der Waals surface area contributed by atoms with Crippen molar-refractivity contribution < 1.29 is 36.6 Å². The zero-order chi connectivity index (χ0) is 17.5. The number of hydrogen-bond acceptors (Lipinski definition) is 8. The number of rotatable bonds is 8. The molecule has 1 amide bonds. The summed E-state index contributed by atoms with van der Waals surface area (Å²) in [5, 5.41) is 31.5. The highest BCUT2D eigenvalue weighted by Crippen LogP contribution is 2.21. The molecule has 0 saturated carbocycles. The summed E-state index contributed by atoms with van der Waals surface area (Å²) < 4.78 is 5.39. The van der Waals surface area contributed by atoms with Crippen LogP contribution in [0.4, 0.5) is 0 Å². The number of aliphatic hydroxyl groups is 1. The Morgan fingerprint density at radius 3 is 2.56 bits per heavy atom. The van der Waals surface area contributed by atoms with Crippen LogP contribution in [0.15, 0.2) is 4.42 Å². The smallest absolute Gasteiger partial charge is 0.303 e. The largest absolute Gasteiger partial charge is 1.00 e. The molecule has 1 fully saturated rings. The Labute approximate surface area is 151 Å². The molecule has 1 aromatic rings. The van der Waals surface area contributed by atoms with Crippen molar-refractivity contribution in [2.45, 2.75) is 37.8 Å². The van der Waals surface area contributed by atoms with Gasteiger partial charge in [0.05, 0.1) is 6.61 Å². The lowest BCUT2D eigenvalue weighted by Gasteiger charge is -2.24. The molecular weight excluding hydrogens is 354 g/mol. The number of aliphatic hydroxyl groups excluding tert-OH is 1. The quantitative estimate of drug-likeness (QED) is 0.305. The Balaban J connectivity index is 0.00000312. The summed E-state index contributed by atoms with van der Waals surface area (Å²) in [4.78, 5) is 23.2. The molecule has 142 valence electrons. The molecule has 6 N–H and O–H groups in total. The van der Waals surface area contributed by atoms with Crippen molar-refractivity contribution >= 4 is 11.9 Å². The molecule has 0 spiro atoms. The minimum Gasteiger partial charge on any atom is -1.00 e. The monoisotopic (exact) mass is 376 g/mol. The maximum atomic E-state index is 12.4. The van der Waals surface area contributed by atoms with Crippen molar-refractivity contribution in [1.82, 2.24) is 20.8 Å². The molecule has 2 rings (SSSR count). The van der Waals surface area contributed by atoms with E-state index in [1.165, 1.54) is 0 Å². The number of carbonyl (C=O) groups excluding carboxylic acids is 1. The van der Waals surface area contributed by atoms with Gasteiger partial charge >= 0.3 is 5.97 Å². The van der Waals surface area contributed by atoms with E-state index in [0.717, 1.165) is 25.9 Å². The maximum Gasteiger partial charge on any atom is 0.303 e. The van der Waals surface area contributed by atoms with Crippen LogP contribution < -0.4 is 28.8 Å². The Kier molecular flexibility index (Phi) is 8.76. The number of nitrogens with one attached hydrogen (secondary N) is 2. The van der Waals surface area contributed by atoms with Crippen LogP contribution in [0.5, 0.6) is 0 Å². The summed E-state index contributed by atoms with van der Waals surface area (Å²) in [6.45, 7) is 1.19. The number of carboxylic acid groups (broad SMARTS) is 1. The summed E-state index contributed by atoms with van der Waals surface area (Å²) in [5.74, 6) is -1.12. The lowest BCUT2D eigenvalue weighted by molar-refractivity contribution is -0.137. The zero-order valence-electron chi connectivity index (χ0n) is 13.7. The molecule has 2 heterocycles. The van der Waals surface area contributed by atoms with Crippen molar-refractivity contribution in [3.05, 3.63) is 11.8 Å². The molecule has 11 heteroatoms. The normalized spacial score (nSPS) is 17.4. The number of nitrogens with zero attached hydrogens (tertiary/aromatic N) is 2. The number of aromatic nitrogens is 2. The Bertz CT molecular complexity index is 564. The second kappa shape index (κ2) is 10.3. The standard InChI is InChI=1S/C14H23N5O5.ClH/c15-9(7-20)13-18-19-14(24-13)10(1-2-11(21)22)17-12(23)8-3-5-16-6-4-8;/h8-10,16,20H,1-7,15H2,(H,17,23)(H,21,22);1H/p-1/t9-,10-;/m0./s1. The van der Waals surface area contributed by atoms with Gasteiger partial charge in [0.15, 0.2) is 0 Å². The van der Waals surface area contributed by atoms with Gasteiger partial charge in [0.25, 0.3) is 0 Å². The van der Waals surface area contributed by atoms with Gasteiger partial charge < -0.3 is 43.4 Å². The molecular formula is C14H23ClN5O5-. The average molecular weight is 377 g/mol. The molecule has 1 aromatic heterocycles. The summed E-state index contributed by atoms with van der Waals surface area (Å²) in [5.41, 5.74) is 5.61. The number of aliphatic carboxylic acids is 1. The van der Waals surface area contributed by atoms with Gasteiger partial charge in [0.1, 0.15) is 12.1 Å². The fourth-order valence-electron chi connectivity index (χ4n) is 2.51. The molecule has 0 unspecified atom stereocenters. The Hall–Kier alpha value is -1.75. The van der Waals surface area contributed by atoms with E-state index in [-0.39, 0.29) is 55.5 Å². The average Bonchev–Trinajstić information content (AvgIpc) is 3.08. The van der Waals surface area contributed by atoms with E-state index >= 15 is 0 Å². The van der Waals surface area contributed by atoms with Gasteiger partial charge in [0.2, 0.25) is 17.7 Å². The fraction of sp³-hybridized carbons (Fsp3) is 0.714. The number of halogens is 1. The van der Waals surface area contributed by atoms with Crippen molar-refractivity contribution in [2.75, 3.05) is 19.7 Å². The first-order valence-corrected chi connectivity index (χ1v) is 7.94. The van der Waals surface area contributed by atoms with E-state index in [0.29, 0.717) is 0 Å². The van der Waals surface area contributed by atoms with Crippen molar-refractivity contribution in [2.24, 2.45) is 11.7 Å². The third-order valence-electron chi connectivity index (χ3n) is 3.94. The van der Waals surface area contributed by atoms with Gasteiger partial charge in [-0.25, -0.2) is 0 Å². The third kappa shape index (κ3) is 6.24. The van der Waals surface area contributed by atoms with E-state index in [9.17, 15) is 9.59 Å². The molecule has 25 heavy (non-hydrogen) atoms. The van der Waals surface area contributed by atoms with Gasteiger partial charge in [0, 0.05) is 12.3 Å². The first-order chi connectivity index (χ1) is 11.5. The number of carboxylic acids is 1. The van der Waals surface area contributed by atoms with Crippen LogP contribution in [0.1, 0.15) is 49.5 Å². The van der Waals surface area contributed by atoms with Gasteiger partial charge in [-0.2, -0.15) is 0 Å². The first kappa shape index (κ1) is 21.3. The highest BCUT2D eigenvalue weighted by Gasteiger charge is 2.27. The molecule has 0 radical (unpaired) electrons. The number of nitrogens with two attached hydrogens (primary N) is 1. The second-order valence-electron chi connectivity index (χ2n) is 5.79. The molecule has 2 atom stereocenters. The predicted molar refractivity (Wildman–Crippen MR) is 81.7 cm³/mol. The summed E-state index contributed by atoms with van der Waals surface area (Å²) in [6.07, 6.45) is 1.42. The number of carbonyl (C=O) groups is 2. The van der Waals surface area contributed by atoms with Crippen molar-refractivity contribution in [3.63, 3.8) is 0 Å². The highest BCUT2D eigenvalue weighted by molar-refractivity contribution is 5.79. The zero-order valence-corrected chi connectivity index (χ0v) is 14.4. The lowest BCUT2D eigenvalue weighted by Crippen LogP contribution is -3.00. The van der Waals surface area contributed by atoms with Crippen LogP contribution in [-0.4, -0.2) is 52.0 Å². The van der Waals surface area contributed by atoms with Crippen LogP contribution >= 0.6 is 0 Å².